The maximum absolute atomic E-state index is 12.3. The van der Waals surface area contributed by atoms with Gasteiger partial charge in [0.05, 0.1) is 13.0 Å². The summed E-state index contributed by atoms with van der Waals surface area (Å²) >= 11 is 0. The quantitative estimate of drug-likeness (QED) is 0.696. The molecule has 0 bridgehead atoms. The summed E-state index contributed by atoms with van der Waals surface area (Å²) in [4.78, 5) is 26.2. The minimum atomic E-state index is -0.882. The van der Waals surface area contributed by atoms with Crippen LogP contribution in [0.15, 0.2) is 0 Å². The molecule has 0 atom stereocenters. The number of rotatable bonds is 7. The largest absolute Gasteiger partial charge is 0.481 e. The number of nitrogens with zero attached hydrogens (tertiary/aromatic N) is 2. The van der Waals surface area contributed by atoms with Crippen LogP contribution < -0.4 is 0 Å². The zero-order valence-corrected chi connectivity index (χ0v) is 10.8. The lowest BCUT2D eigenvalue weighted by molar-refractivity contribution is -0.137. The van der Waals surface area contributed by atoms with Gasteiger partial charge >= 0.3 is 12.0 Å². The molecule has 1 N–H and O–H groups in total. The van der Waals surface area contributed by atoms with Gasteiger partial charge in [-0.3, -0.25) is 4.79 Å². The van der Waals surface area contributed by atoms with E-state index in [4.69, 9.17) is 11.5 Å². The highest BCUT2D eigenvalue weighted by Crippen LogP contribution is 2.28. The molecule has 5 nitrogen and oxygen atoms in total. The second-order valence-electron chi connectivity index (χ2n) is 4.48. The highest BCUT2D eigenvalue weighted by Gasteiger charge is 2.34. The fourth-order valence-corrected chi connectivity index (χ4v) is 1.84. The van der Waals surface area contributed by atoms with E-state index in [1.807, 2.05) is 6.92 Å². The molecule has 1 rings (SSSR count). The van der Waals surface area contributed by atoms with Crippen molar-refractivity contribution < 1.29 is 14.7 Å². The average molecular weight is 252 g/mol. The Labute approximate surface area is 108 Å². The van der Waals surface area contributed by atoms with Crippen molar-refractivity contribution in [2.75, 3.05) is 19.6 Å². The van der Waals surface area contributed by atoms with Crippen molar-refractivity contribution in [2.24, 2.45) is 0 Å². The first kappa shape index (κ1) is 14.4. The van der Waals surface area contributed by atoms with Crippen LogP contribution in [0.2, 0.25) is 0 Å². The molecule has 0 aliphatic heterocycles. The second kappa shape index (κ2) is 6.90. The van der Waals surface area contributed by atoms with E-state index in [-0.39, 0.29) is 31.6 Å². The Bertz CT molecular complexity index is 345. The van der Waals surface area contributed by atoms with Crippen LogP contribution in [0.3, 0.4) is 0 Å². The van der Waals surface area contributed by atoms with Crippen molar-refractivity contribution >= 4 is 12.0 Å². The summed E-state index contributed by atoms with van der Waals surface area (Å²) in [6.45, 7) is 3.14. The van der Waals surface area contributed by atoms with E-state index in [1.54, 1.807) is 9.80 Å². The lowest BCUT2D eigenvalue weighted by Gasteiger charge is -2.29. The maximum Gasteiger partial charge on any atom is 0.321 e. The monoisotopic (exact) mass is 252 g/mol. The molecule has 0 heterocycles. The third-order valence-corrected chi connectivity index (χ3v) is 2.85. The van der Waals surface area contributed by atoms with Gasteiger partial charge in [-0.2, -0.15) is 0 Å². The third-order valence-electron chi connectivity index (χ3n) is 2.85. The van der Waals surface area contributed by atoms with E-state index < -0.39 is 5.97 Å². The Morgan fingerprint density at radius 3 is 2.50 bits per heavy atom. The molecule has 0 radical (unpaired) electrons. The summed E-state index contributed by atoms with van der Waals surface area (Å²) in [5, 5.41) is 8.71. The molecule has 0 spiro atoms. The van der Waals surface area contributed by atoms with E-state index in [1.165, 1.54) is 0 Å². The molecule has 1 aliphatic rings. The highest BCUT2D eigenvalue weighted by atomic mass is 16.4. The lowest BCUT2D eigenvalue weighted by atomic mass is 10.3. The Morgan fingerprint density at radius 1 is 1.39 bits per heavy atom. The number of carboxylic acids is 1. The Kier molecular flexibility index (Phi) is 5.50. The Morgan fingerprint density at radius 2 is 2.06 bits per heavy atom. The molecule has 0 aromatic heterocycles. The third kappa shape index (κ3) is 4.28. The van der Waals surface area contributed by atoms with Crippen LogP contribution in [0.4, 0.5) is 4.79 Å². The first-order valence-electron chi connectivity index (χ1n) is 6.31. The molecule has 2 amide bonds. The number of amides is 2. The molecule has 0 saturated heterocycles. The molecule has 0 aromatic rings. The van der Waals surface area contributed by atoms with Gasteiger partial charge in [-0.25, -0.2) is 4.79 Å². The number of carboxylic acid groups (broad SMARTS) is 1. The van der Waals surface area contributed by atoms with Crippen LogP contribution in [0, 0.1) is 12.3 Å². The summed E-state index contributed by atoms with van der Waals surface area (Å²) in [7, 11) is 0. The van der Waals surface area contributed by atoms with Gasteiger partial charge in [0.2, 0.25) is 0 Å². The van der Waals surface area contributed by atoms with Crippen molar-refractivity contribution in [3.63, 3.8) is 0 Å². The molecule has 1 fully saturated rings. The molecule has 1 saturated carbocycles. The van der Waals surface area contributed by atoms with Gasteiger partial charge in [-0.05, 0) is 19.3 Å². The number of urea groups is 1. The molecular weight excluding hydrogens is 232 g/mol. The number of aliphatic carboxylic acids is 1. The number of hydrogen-bond acceptors (Lipinski definition) is 2. The Hall–Kier alpha value is -1.70. The van der Waals surface area contributed by atoms with Gasteiger partial charge in [0.1, 0.15) is 0 Å². The smallest absolute Gasteiger partial charge is 0.321 e. The zero-order valence-electron chi connectivity index (χ0n) is 10.8. The van der Waals surface area contributed by atoms with E-state index in [2.05, 4.69) is 5.92 Å². The maximum atomic E-state index is 12.3. The van der Waals surface area contributed by atoms with Gasteiger partial charge in [0.25, 0.3) is 0 Å². The van der Waals surface area contributed by atoms with Gasteiger partial charge < -0.3 is 14.9 Å². The van der Waals surface area contributed by atoms with Crippen LogP contribution in [0.25, 0.3) is 0 Å². The van der Waals surface area contributed by atoms with Gasteiger partial charge in [-0.1, -0.05) is 12.8 Å². The lowest BCUT2D eigenvalue weighted by Crippen LogP contribution is -2.45. The minimum absolute atomic E-state index is 0.0156. The fourth-order valence-electron chi connectivity index (χ4n) is 1.84. The summed E-state index contributed by atoms with van der Waals surface area (Å²) < 4.78 is 0. The van der Waals surface area contributed by atoms with Crippen molar-refractivity contribution in [3.05, 3.63) is 0 Å². The Balaban J connectivity index is 2.61. The van der Waals surface area contributed by atoms with E-state index >= 15 is 0 Å². The van der Waals surface area contributed by atoms with Gasteiger partial charge in [0.15, 0.2) is 0 Å². The van der Waals surface area contributed by atoms with E-state index in [0.717, 1.165) is 19.3 Å². The number of hydrogen-bond donors (Lipinski definition) is 1. The van der Waals surface area contributed by atoms with E-state index in [9.17, 15) is 9.59 Å². The van der Waals surface area contributed by atoms with E-state index in [0.29, 0.717) is 6.54 Å². The molecule has 0 aromatic carbocycles. The number of terminal acetylenes is 1. The predicted molar refractivity (Wildman–Crippen MR) is 68.1 cm³/mol. The van der Waals surface area contributed by atoms with Crippen LogP contribution in [0.1, 0.15) is 32.6 Å². The van der Waals surface area contributed by atoms with Crippen molar-refractivity contribution in [3.8, 4) is 12.3 Å². The normalized spacial score (nSPS) is 13.8. The van der Waals surface area contributed by atoms with Crippen LogP contribution in [-0.2, 0) is 4.79 Å². The summed E-state index contributed by atoms with van der Waals surface area (Å²) in [6.07, 6.45) is 8.00. The van der Waals surface area contributed by atoms with Crippen molar-refractivity contribution in [1.82, 2.24) is 9.80 Å². The van der Waals surface area contributed by atoms with Gasteiger partial charge in [-0.15, -0.1) is 6.42 Å². The molecule has 5 heteroatoms. The molecule has 18 heavy (non-hydrogen) atoms. The summed E-state index contributed by atoms with van der Waals surface area (Å²) in [6, 6.07) is 0.0764. The fraction of sp³-hybridized carbons (Fsp3) is 0.692. The average Bonchev–Trinajstić information content (AvgIpc) is 3.13. The molecule has 100 valence electrons. The number of carbonyl (C=O) groups is 2. The SMILES string of the molecule is C#CCN(CCC)C(=O)N(CCC(=O)O)C1CC1. The second-order valence-corrected chi connectivity index (χ2v) is 4.48. The number of carbonyl (C=O) groups excluding carboxylic acids is 1. The molecular formula is C13H20N2O3. The standard InChI is InChI=1S/C13H20N2O3/c1-3-8-14(9-4-2)13(18)15(11-5-6-11)10-7-12(16)17/h1,11H,4-10H2,2H3,(H,16,17). The minimum Gasteiger partial charge on any atom is -0.481 e. The van der Waals surface area contributed by atoms with Crippen LogP contribution in [0.5, 0.6) is 0 Å². The predicted octanol–water partition coefficient (Wildman–Crippen LogP) is 1.39. The first-order valence-corrected chi connectivity index (χ1v) is 6.31. The first-order chi connectivity index (χ1) is 8.60. The summed E-state index contributed by atoms with van der Waals surface area (Å²) in [5.41, 5.74) is 0. The van der Waals surface area contributed by atoms with Crippen LogP contribution >= 0.6 is 0 Å². The van der Waals surface area contributed by atoms with Crippen molar-refractivity contribution in [2.45, 2.75) is 38.6 Å². The zero-order chi connectivity index (χ0) is 13.5. The molecule has 1 aliphatic carbocycles. The van der Waals surface area contributed by atoms with Crippen molar-refractivity contribution in [1.29, 1.82) is 0 Å². The summed E-state index contributed by atoms with van der Waals surface area (Å²) in [5.74, 6) is 1.59. The highest BCUT2D eigenvalue weighted by molar-refractivity contribution is 5.76. The topological polar surface area (TPSA) is 60.9 Å². The molecule has 0 unspecified atom stereocenters. The van der Waals surface area contributed by atoms with Crippen LogP contribution in [-0.4, -0.2) is 52.6 Å². The van der Waals surface area contributed by atoms with Gasteiger partial charge in [0, 0.05) is 19.1 Å².